The Hall–Kier alpha value is -1.09. The Labute approximate surface area is 115 Å². The van der Waals surface area contributed by atoms with E-state index in [0.29, 0.717) is 17.4 Å². The van der Waals surface area contributed by atoms with E-state index in [1.54, 1.807) is 13.2 Å². The first-order chi connectivity index (χ1) is 9.24. The van der Waals surface area contributed by atoms with Crippen LogP contribution in [0.5, 0.6) is 5.75 Å². The van der Waals surface area contributed by atoms with E-state index in [1.165, 1.54) is 25.3 Å². The zero-order valence-electron chi connectivity index (χ0n) is 11.9. The van der Waals surface area contributed by atoms with Gasteiger partial charge in [-0.15, -0.1) is 0 Å². The van der Waals surface area contributed by atoms with Gasteiger partial charge in [0.1, 0.15) is 11.6 Å². The molecular weight excluding hydrogens is 241 g/mol. The molecule has 106 valence electrons. The highest BCUT2D eigenvalue weighted by molar-refractivity contribution is 5.34. The van der Waals surface area contributed by atoms with Gasteiger partial charge in [0.25, 0.3) is 0 Å². The van der Waals surface area contributed by atoms with Gasteiger partial charge in [-0.25, -0.2) is 4.39 Å². The molecule has 0 spiro atoms. The first kappa shape index (κ1) is 14.3. The lowest BCUT2D eigenvalue weighted by Crippen LogP contribution is -2.38. The van der Waals surface area contributed by atoms with Crippen molar-refractivity contribution in [1.29, 1.82) is 0 Å². The average molecular weight is 265 g/mol. The molecule has 2 nitrogen and oxygen atoms in total. The number of hydrogen-bond donors (Lipinski definition) is 1. The van der Waals surface area contributed by atoms with Crippen molar-refractivity contribution < 1.29 is 9.13 Å². The smallest absolute Gasteiger partial charge is 0.130 e. The third-order valence-corrected chi connectivity index (χ3v) is 4.22. The van der Waals surface area contributed by atoms with Gasteiger partial charge in [-0.2, -0.15) is 0 Å². The molecular formula is C16H24FNO. The number of ether oxygens (including phenoxy) is 1. The molecule has 2 unspecified atom stereocenters. The van der Waals surface area contributed by atoms with Crippen LogP contribution >= 0.6 is 0 Å². The maximum absolute atomic E-state index is 13.8. The summed E-state index contributed by atoms with van der Waals surface area (Å²) in [5.41, 5.74) is 0.713. The Morgan fingerprint density at radius 2 is 2.26 bits per heavy atom. The van der Waals surface area contributed by atoms with E-state index in [9.17, 15) is 4.39 Å². The minimum Gasteiger partial charge on any atom is -0.496 e. The number of nitrogens with one attached hydrogen (secondary N) is 1. The van der Waals surface area contributed by atoms with Crippen molar-refractivity contribution in [2.75, 3.05) is 13.7 Å². The fourth-order valence-electron chi connectivity index (χ4n) is 2.98. The monoisotopic (exact) mass is 265 g/mol. The lowest BCUT2D eigenvalue weighted by Gasteiger charge is -2.30. The third-order valence-electron chi connectivity index (χ3n) is 4.22. The Morgan fingerprint density at radius 1 is 1.42 bits per heavy atom. The summed E-state index contributed by atoms with van der Waals surface area (Å²) in [4.78, 5) is 0. The minimum atomic E-state index is -0.151. The van der Waals surface area contributed by atoms with Crippen LogP contribution in [0.4, 0.5) is 4.39 Å². The normalized spacial score (nSPS) is 23.3. The SMILES string of the molecule is CCC1CCNC(CCc2c(F)cccc2OC)C1. The molecule has 2 atom stereocenters. The van der Waals surface area contributed by atoms with E-state index in [1.807, 2.05) is 6.07 Å². The molecule has 19 heavy (non-hydrogen) atoms. The van der Waals surface area contributed by atoms with Crippen LogP contribution in [0.1, 0.15) is 38.2 Å². The molecule has 0 aliphatic carbocycles. The summed E-state index contributed by atoms with van der Waals surface area (Å²) in [7, 11) is 1.60. The van der Waals surface area contributed by atoms with Gasteiger partial charge in [0.15, 0.2) is 0 Å². The number of hydrogen-bond acceptors (Lipinski definition) is 2. The summed E-state index contributed by atoms with van der Waals surface area (Å²) < 4.78 is 19.1. The first-order valence-corrected chi connectivity index (χ1v) is 7.29. The molecule has 0 radical (unpaired) electrons. The van der Waals surface area contributed by atoms with Gasteiger partial charge < -0.3 is 10.1 Å². The number of halogens is 1. The highest BCUT2D eigenvalue weighted by atomic mass is 19.1. The third kappa shape index (κ3) is 3.69. The molecule has 1 aliphatic rings. The molecule has 1 N–H and O–H groups in total. The van der Waals surface area contributed by atoms with Crippen molar-refractivity contribution in [3.8, 4) is 5.75 Å². The maximum atomic E-state index is 13.8. The highest BCUT2D eigenvalue weighted by Crippen LogP contribution is 2.26. The predicted molar refractivity (Wildman–Crippen MR) is 76.1 cm³/mol. The molecule has 1 aromatic rings. The molecule has 0 amide bonds. The molecule has 1 saturated heterocycles. The van der Waals surface area contributed by atoms with Gasteiger partial charge >= 0.3 is 0 Å². The van der Waals surface area contributed by atoms with Gasteiger partial charge in [-0.3, -0.25) is 0 Å². The van der Waals surface area contributed by atoms with Crippen molar-refractivity contribution in [2.24, 2.45) is 5.92 Å². The average Bonchev–Trinajstić information content (AvgIpc) is 2.46. The fourth-order valence-corrected chi connectivity index (χ4v) is 2.98. The number of methoxy groups -OCH3 is 1. The Bertz CT molecular complexity index is 408. The zero-order valence-corrected chi connectivity index (χ0v) is 11.9. The zero-order chi connectivity index (χ0) is 13.7. The Morgan fingerprint density at radius 3 is 3.00 bits per heavy atom. The fraction of sp³-hybridized carbons (Fsp3) is 0.625. The highest BCUT2D eigenvalue weighted by Gasteiger charge is 2.20. The van der Waals surface area contributed by atoms with Gasteiger partial charge in [0.05, 0.1) is 7.11 Å². The molecule has 1 fully saturated rings. The van der Waals surface area contributed by atoms with Crippen molar-refractivity contribution in [3.05, 3.63) is 29.6 Å². The van der Waals surface area contributed by atoms with E-state index < -0.39 is 0 Å². The molecule has 1 aromatic carbocycles. The summed E-state index contributed by atoms with van der Waals surface area (Å²) in [6, 6.07) is 5.56. The second kappa shape index (κ2) is 6.90. The van der Waals surface area contributed by atoms with Crippen LogP contribution in [0.25, 0.3) is 0 Å². The van der Waals surface area contributed by atoms with Gasteiger partial charge in [-0.1, -0.05) is 19.4 Å². The van der Waals surface area contributed by atoms with Crippen LogP contribution in [0.3, 0.4) is 0 Å². The standard InChI is InChI=1S/C16H24FNO/c1-3-12-9-10-18-13(11-12)7-8-14-15(17)5-4-6-16(14)19-2/h4-6,12-13,18H,3,7-11H2,1-2H3. The molecule has 3 heteroatoms. The largest absolute Gasteiger partial charge is 0.496 e. The second-order valence-electron chi connectivity index (χ2n) is 5.41. The summed E-state index contributed by atoms with van der Waals surface area (Å²) in [6.45, 7) is 3.35. The van der Waals surface area contributed by atoms with Crippen molar-refractivity contribution in [3.63, 3.8) is 0 Å². The van der Waals surface area contributed by atoms with Crippen molar-refractivity contribution in [1.82, 2.24) is 5.32 Å². The van der Waals surface area contributed by atoms with E-state index in [0.717, 1.165) is 25.3 Å². The van der Waals surface area contributed by atoms with Crippen LogP contribution in [-0.2, 0) is 6.42 Å². The van der Waals surface area contributed by atoms with Crippen LogP contribution in [0.2, 0.25) is 0 Å². The van der Waals surface area contributed by atoms with E-state index in [2.05, 4.69) is 12.2 Å². The lowest BCUT2D eigenvalue weighted by atomic mass is 9.88. The lowest BCUT2D eigenvalue weighted by molar-refractivity contribution is 0.284. The molecule has 0 bridgehead atoms. The topological polar surface area (TPSA) is 21.3 Å². The summed E-state index contributed by atoms with van der Waals surface area (Å²) >= 11 is 0. The summed E-state index contributed by atoms with van der Waals surface area (Å²) in [5, 5.41) is 3.55. The van der Waals surface area contributed by atoms with Crippen molar-refractivity contribution in [2.45, 2.75) is 45.1 Å². The van der Waals surface area contributed by atoms with Crippen LogP contribution in [-0.4, -0.2) is 19.7 Å². The molecule has 1 heterocycles. The van der Waals surface area contributed by atoms with Crippen LogP contribution in [0.15, 0.2) is 18.2 Å². The Kier molecular flexibility index (Phi) is 5.20. The predicted octanol–water partition coefficient (Wildman–Crippen LogP) is 3.55. The van der Waals surface area contributed by atoms with Gasteiger partial charge in [0, 0.05) is 11.6 Å². The summed E-state index contributed by atoms with van der Waals surface area (Å²) in [5.74, 6) is 1.35. The van der Waals surface area contributed by atoms with E-state index in [-0.39, 0.29) is 5.82 Å². The van der Waals surface area contributed by atoms with Gasteiger partial charge in [0.2, 0.25) is 0 Å². The van der Waals surface area contributed by atoms with Crippen molar-refractivity contribution >= 4 is 0 Å². The van der Waals surface area contributed by atoms with Crippen LogP contribution < -0.4 is 10.1 Å². The molecule has 0 saturated carbocycles. The number of piperidine rings is 1. The van der Waals surface area contributed by atoms with E-state index in [4.69, 9.17) is 4.74 Å². The van der Waals surface area contributed by atoms with E-state index >= 15 is 0 Å². The second-order valence-corrected chi connectivity index (χ2v) is 5.41. The number of rotatable bonds is 5. The number of benzene rings is 1. The quantitative estimate of drug-likeness (QED) is 0.879. The Balaban J connectivity index is 1.95. The first-order valence-electron chi connectivity index (χ1n) is 7.29. The molecule has 0 aromatic heterocycles. The molecule has 2 rings (SSSR count). The minimum absolute atomic E-state index is 0.151. The maximum Gasteiger partial charge on any atom is 0.130 e. The van der Waals surface area contributed by atoms with Gasteiger partial charge in [-0.05, 0) is 50.3 Å². The summed E-state index contributed by atoms with van der Waals surface area (Å²) in [6.07, 6.45) is 5.46. The van der Waals surface area contributed by atoms with Crippen LogP contribution in [0, 0.1) is 11.7 Å². The molecule has 1 aliphatic heterocycles.